The van der Waals surface area contributed by atoms with Gasteiger partial charge in [0.05, 0.1) is 12.5 Å². The van der Waals surface area contributed by atoms with Gasteiger partial charge in [-0.2, -0.15) is 0 Å². The van der Waals surface area contributed by atoms with Gasteiger partial charge in [-0.25, -0.2) is 9.59 Å². The lowest BCUT2D eigenvalue weighted by atomic mass is 9.98. The van der Waals surface area contributed by atoms with Gasteiger partial charge in [0.25, 0.3) is 0 Å². The summed E-state index contributed by atoms with van der Waals surface area (Å²) in [5, 5.41) is 2.94. The van der Waals surface area contributed by atoms with Gasteiger partial charge in [0, 0.05) is 19.5 Å². The maximum absolute atomic E-state index is 13.8. The van der Waals surface area contributed by atoms with Crippen molar-refractivity contribution in [1.82, 2.24) is 10.2 Å². The first-order valence-electron chi connectivity index (χ1n) is 15.1. The highest BCUT2D eigenvalue weighted by Gasteiger charge is 2.31. The smallest absolute Gasteiger partial charge is 0.329 e. The first kappa shape index (κ1) is 33.4. The fourth-order valence-corrected chi connectivity index (χ4v) is 4.83. The van der Waals surface area contributed by atoms with E-state index in [4.69, 9.17) is 9.47 Å². The van der Waals surface area contributed by atoms with Crippen molar-refractivity contribution in [3.8, 4) is 11.1 Å². The largest absolute Gasteiger partial charge is 0.466 e. The van der Waals surface area contributed by atoms with Crippen LogP contribution in [0.5, 0.6) is 0 Å². The number of carbonyl (C=O) groups is 3. The summed E-state index contributed by atoms with van der Waals surface area (Å²) in [5.74, 6) is -1.29. The minimum absolute atomic E-state index is 0.135. The second-order valence-electron chi connectivity index (χ2n) is 12.2. The van der Waals surface area contributed by atoms with Crippen LogP contribution in [-0.2, 0) is 31.9 Å². The molecule has 0 aliphatic heterocycles. The molecule has 0 saturated heterocycles. The van der Waals surface area contributed by atoms with Crippen LogP contribution in [-0.4, -0.2) is 54.2 Å². The molecule has 0 aliphatic rings. The molecule has 3 aromatic rings. The van der Waals surface area contributed by atoms with Gasteiger partial charge >= 0.3 is 18.0 Å². The number of amides is 2. The molecular formula is C36H46N2O5. The summed E-state index contributed by atoms with van der Waals surface area (Å²) >= 11 is 0. The Hall–Kier alpha value is -4.13. The summed E-state index contributed by atoms with van der Waals surface area (Å²) in [6, 6.07) is 26.4. The summed E-state index contributed by atoms with van der Waals surface area (Å²) in [7, 11) is 0. The third-order valence-electron chi connectivity index (χ3n) is 6.75. The Morgan fingerprint density at radius 3 is 1.86 bits per heavy atom. The van der Waals surface area contributed by atoms with Crippen molar-refractivity contribution in [2.45, 2.75) is 66.0 Å². The number of benzene rings is 3. The second-order valence-corrected chi connectivity index (χ2v) is 12.2. The molecule has 0 saturated carbocycles. The van der Waals surface area contributed by atoms with Crippen molar-refractivity contribution in [1.29, 1.82) is 0 Å². The lowest BCUT2D eigenvalue weighted by Crippen LogP contribution is -2.52. The SMILES string of the molecule is CCOC(=O)C(Cc1ccccc1)CN(CC(C)C)C(=O)N[C@@H](Cc1ccc(-c2ccccc2)cc1)C(=O)OC(C)(C)C. The number of nitrogens with one attached hydrogen (secondary N) is 1. The van der Waals surface area contributed by atoms with Crippen molar-refractivity contribution in [2.24, 2.45) is 11.8 Å². The summed E-state index contributed by atoms with van der Waals surface area (Å²) in [5.41, 5.74) is 3.31. The number of ether oxygens (including phenoxy) is 2. The Labute approximate surface area is 256 Å². The molecule has 0 fully saturated rings. The fraction of sp³-hybridized carbons (Fsp3) is 0.417. The maximum Gasteiger partial charge on any atom is 0.329 e. The van der Waals surface area contributed by atoms with Crippen molar-refractivity contribution in [2.75, 3.05) is 19.7 Å². The predicted octanol–water partition coefficient (Wildman–Crippen LogP) is 6.70. The van der Waals surface area contributed by atoms with E-state index < -0.39 is 29.6 Å². The van der Waals surface area contributed by atoms with Gasteiger partial charge in [-0.15, -0.1) is 0 Å². The number of urea groups is 1. The quantitative estimate of drug-likeness (QED) is 0.226. The van der Waals surface area contributed by atoms with Crippen LogP contribution in [0.3, 0.4) is 0 Å². The van der Waals surface area contributed by atoms with Crippen LogP contribution in [0.25, 0.3) is 11.1 Å². The molecule has 0 radical (unpaired) electrons. The highest BCUT2D eigenvalue weighted by atomic mass is 16.6. The topological polar surface area (TPSA) is 84.9 Å². The van der Waals surface area contributed by atoms with E-state index in [0.29, 0.717) is 13.0 Å². The Bertz CT molecular complexity index is 1300. The van der Waals surface area contributed by atoms with Crippen molar-refractivity contribution >= 4 is 18.0 Å². The number of hydrogen-bond acceptors (Lipinski definition) is 5. The van der Waals surface area contributed by atoms with E-state index in [9.17, 15) is 14.4 Å². The van der Waals surface area contributed by atoms with E-state index in [0.717, 1.165) is 22.3 Å². The molecule has 7 heteroatoms. The normalized spacial score (nSPS) is 12.7. The van der Waals surface area contributed by atoms with E-state index in [1.807, 2.05) is 98.8 Å². The molecule has 3 rings (SSSR count). The van der Waals surface area contributed by atoms with Gasteiger partial charge in [0.2, 0.25) is 0 Å². The van der Waals surface area contributed by atoms with Crippen LogP contribution in [0.1, 0.15) is 52.7 Å². The molecule has 3 aromatic carbocycles. The molecular weight excluding hydrogens is 540 g/mol. The maximum atomic E-state index is 13.8. The number of esters is 2. The van der Waals surface area contributed by atoms with Crippen LogP contribution in [0.4, 0.5) is 4.79 Å². The molecule has 230 valence electrons. The van der Waals surface area contributed by atoms with Crippen LogP contribution < -0.4 is 5.32 Å². The van der Waals surface area contributed by atoms with Crippen molar-refractivity contribution in [3.63, 3.8) is 0 Å². The molecule has 0 aromatic heterocycles. The molecule has 7 nitrogen and oxygen atoms in total. The molecule has 0 spiro atoms. The zero-order valence-electron chi connectivity index (χ0n) is 26.3. The van der Waals surface area contributed by atoms with E-state index in [-0.39, 0.29) is 31.5 Å². The Morgan fingerprint density at radius 2 is 1.30 bits per heavy atom. The van der Waals surface area contributed by atoms with Crippen molar-refractivity contribution < 1.29 is 23.9 Å². The van der Waals surface area contributed by atoms with Gasteiger partial charge in [0.15, 0.2) is 0 Å². The molecule has 1 N–H and O–H groups in total. The third kappa shape index (κ3) is 11.2. The fourth-order valence-electron chi connectivity index (χ4n) is 4.83. The molecule has 2 atom stereocenters. The Morgan fingerprint density at radius 1 is 0.744 bits per heavy atom. The summed E-state index contributed by atoms with van der Waals surface area (Å²) in [6.07, 6.45) is 0.696. The van der Waals surface area contributed by atoms with Crippen LogP contribution in [0, 0.1) is 11.8 Å². The Balaban J connectivity index is 1.83. The summed E-state index contributed by atoms with van der Waals surface area (Å²) in [4.78, 5) is 41.8. The average molecular weight is 587 g/mol. The number of rotatable bonds is 13. The number of carbonyl (C=O) groups excluding carboxylic acids is 3. The molecule has 1 unspecified atom stereocenters. The first-order valence-corrected chi connectivity index (χ1v) is 15.1. The molecule has 43 heavy (non-hydrogen) atoms. The monoisotopic (exact) mass is 586 g/mol. The third-order valence-corrected chi connectivity index (χ3v) is 6.75. The van der Waals surface area contributed by atoms with E-state index in [1.54, 1.807) is 32.6 Å². The second kappa shape index (κ2) is 15.9. The number of nitrogens with zero attached hydrogens (tertiary/aromatic N) is 1. The highest BCUT2D eigenvalue weighted by Crippen LogP contribution is 2.21. The van der Waals surface area contributed by atoms with Crippen LogP contribution in [0.2, 0.25) is 0 Å². The van der Waals surface area contributed by atoms with Crippen LogP contribution in [0.15, 0.2) is 84.9 Å². The van der Waals surface area contributed by atoms with Gasteiger partial charge < -0.3 is 19.7 Å². The molecule has 2 amide bonds. The number of hydrogen-bond donors (Lipinski definition) is 1. The molecule has 0 aliphatic carbocycles. The summed E-state index contributed by atoms with van der Waals surface area (Å²) in [6.45, 7) is 12.0. The zero-order valence-corrected chi connectivity index (χ0v) is 26.3. The minimum Gasteiger partial charge on any atom is -0.466 e. The van der Waals surface area contributed by atoms with E-state index >= 15 is 0 Å². The van der Waals surface area contributed by atoms with Gasteiger partial charge in [-0.1, -0.05) is 98.8 Å². The molecule has 0 bridgehead atoms. The van der Waals surface area contributed by atoms with Gasteiger partial charge in [0.1, 0.15) is 11.6 Å². The van der Waals surface area contributed by atoms with Crippen LogP contribution >= 0.6 is 0 Å². The lowest BCUT2D eigenvalue weighted by Gasteiger charge is -2.31. The predicted molar refractivity (Wildman–Crippen MR) is 170 cm³/mol. The van der Waals surface area contributed by atoms with Gasteiger partial charge in [-0.05, 0) is 62.3 Å². The van der Waals surface area contributed by atoms with Gasteiger partial charge in [-0.3, -0.25) is 4.79 Å². The lowest BCUT2D eigenvalue weighted by molar-refractivity contribution is -0.157. The van der Waals surface area contributed by atoms with E-state index in [1.165, 1.54) is 0 Å². The average Bonchev–Trinajstić information content (AvgIpc) is 2.96. The van der Waals surface area contributed by atoms with Crippen molar-refractivity contribution in [3.05, 3.63) is 96.1 Å². The first-order chi connectivity index (χ1) is 20.4. The minimum atomic E-state index is -0.917. The standard InChI is InChI=1S/C36H46N2O5/c1-7-42-33(39)31(22-27-14-10-8-11-15-27)25-38(24-26(2)3)35(41)37-32(34(40)43-36(4,5)6)23-28-18-20-30(21-19-28)29-16-12-9-13-17-29/h8-21,26,31-32H,7,22-25H2,1-6H3,(H,37,41)/t31?,32-/m0/s1. The molecule has 0 heterocycles. The highest BCUT2D eigenvalue weighted by molar-refractivity contribution is 5.84. The zero-order chi connectivity index (χ0) is 31.4. The summed E-state index contributed by atoms with van der Waals surface area (Å²) < 4.78 is 11.1. The van der Waals surface area contributed by atoms with E-state index in [2.05, 4.69) is 5.32 Å². The Kier molecular flexibility index (Phi) is 12.4.